The number of rotatable bonds is 1. The second-order valence-corrected chi connectivity index (χ2v) is 0.568. The van der Waals surface area contributed by atoms with Gasteiger partial charge in [0.25, 0.3) is 0 Å². The van der Waals surface area contributed by atoms with Gasteiger partial charge in [0.15, 0.2) is 14.2 Å². The molecule has 0 aliphatic rings. The minimum absolute atomic E-state index is 0. The standard InChI is InChI=1S/C3H7O2.BrH/c1-4-3-5-2;/h3H,1-2H3;1H/q+1;/p-1. The molecule has 0 atom stereocenters. The van der Waals surface area contributed by atoms with Crippen LogP contribution in [0.5, 0.6) is 0 Å². The smallest absolute Gasteiger partial charge is 0.472 e. The van der Waals surface area contributed by atoms with Gasteiger partial charge in [-0.3, -0.25) is 0 Å². The Kier molecular flexibility index (Phi) is 13.8. The molecule has 0 radical (unpaired) electrons. The maximum absolute atomic E-state index is 4.34. The third kappa shape index (κ3) is 9.04. The molecule has 0 rings (SSSR count). The van der Waals surface area contributed by atoms with E-state index in [9.17, 15) is 0 Å². The molecule has 0 aromatic heterocycles. The Morgan fingerprint density at radius 2 is 2.17 bits per heavy atom. The van der Waals surface area contributed by atoms with Crippen molar-refractivity contribution in [2.45, 2.75) is 0 Å². The lowest BCUT2D eigenvalue weighted by atomic mass is 11.5. The minimum Gasteiger partial charge on any atom is -1.00 e. The molecule has 6 heavy (non-hydrogen) atoms. The largest absolute Gasteiger partial charge is 1.00 e. The summed E-state index contributed by atoms with van der Waals surface area (Å²) in [5, 5.41) is 0. The highest BCUT2D eigenvalue weighted by molar-refractivity contribution is 5.36. The van der Waals surface area contributed by atoms with Crippen LogP contribution in [-0.4, -0.2) is 20.7 Å². The van der Waals surface area contributed by atoms with Crippen LogP contribution < -0.4 is 17.0 Å². The summed E-state index contributed by atoms with van der Waals surface area (Å²) >= 11 is 0. The average Bonchev–Trinajstić information content (AvgIpc) is 1.41. The molecule has 0 aliphatic carbocycles. The van der Waals surface area contributed by atoms with E-state index in [0.717, 1.165) is 0 Å². The maximum atomic E-state index is 4.34. The fourth-order valence-electron chi connectivity index (χ4n) is 0.0962. The molecule has 0 spiro atoms. The van der Waals surface area contributed by atoms with Crippen molar-refractivity contribution in [3.8, 4) is 0 Å². The lowest BCUT2D eigenvalue weighted by Gasteiger charge is -1.61. The number of methoxy groups -OCH3 is 1. The van der Waals surface area contributed by atoms with Gasteiger partial charge in [0.1, 0.15) is 0 Å². The summed E-state index contributed by atoms with van der Waals surface area (Å²) in [6.07, 6.45) is 0. The molecule has 0 aromatic rings. The highest BCUT2D eigenvalue weighted by Gasteiger charge is 1.64. The highest BCUT2D eigenvalue weighted by atomic mass is 79.9. The molecule has 0 aromatic carbocycles. The molecule has 0 amide bonds. The van der Waals surface area contributed by atoms with Crippen molar-refractivity contribution in [2.75, 3.05) is 14.2 Å². The molecule has 0 fully saturated rings. The Labute approximate surface area is 47.6 Å². The van der Waals surface area contributed by atoms with Gasteiger partial charge >= 0.3 is 6.47 Å². The molecule has 0 aliphatic heterocycles. The zero-order chi connectivity index (χ0) is 4.12. The van der Waals surface area contributed by atoms with E-state index in [1.54, 1.807) is 0 Å². The van der Waals surface area contributed by atoms with Crippen LogP contribution in [0.4, 0.5) is 0 Å². The lowest BCUT2D eigenvalue weighted by molar-refractivity contribution is -0.423. The predicted octanol–water partition coefficient (Wildman–Crippen LogP) is -3.04. The van der Waals surface area contributed by atoms with Crippen LogP contribution in [0.15, 0.2) is 0 Å². The van der Waals surface area contributed by atoms with Gasteiger partial charge in [0.05, 0.1) is 0 Å². The number of carbonyl (C=O) groups excluding carboxylic acids is 1. The van der Waals surface area contributed by atoms with Crippen LogP contribution in [-0.2, 0) is 9.16 Å². The number of halogens is 1. The van der Waals surface area contributed by atoms with Gasteiger partial charge < -0.3 is 26.1 Å². The van der Waals surface area contributed by atoms with Gasteiger partial charge in [-0.15, -0.1) is 0 Å². The summed E-state index contributed by atoms with van der Waals surface area (Å²) < 4.78 is 8.69. The predicted molar refractivity (Wildman–Crippen MR) is 19.0 cm³/mol. The summed E-state index contributed by atoms with van der Waals surface area (Å²) in [5.41, 5.74) is 0. The van der Waals surface area contributed by atoms with Crippen molar-refractivity contribution in [3.05, 3.63) is 0 Å². The first-order valence-electron chi connectivity index (χ1n) is 1.29. The average molecular weight is 155 g/mol. The number of hydrogen-bond acceptors (Lipinski definition) is 1. The Morgan fingerprint density at radius 1 is 1.67 bits per heavy atom. The van der Waals surface area contributed by atoms with E-state index in [4.69, 9.17) is 0 Å². The molecule has 0 heterocycles. The van der Waals surface area contributed by atoms with Gasteiger partial charge in [0, 0.05) is 0 Å². The van der Waals surface area contributed by atoms with E-state index >= 15 is 0 Å². The van der Waals surface area contributed by atoms with Gasteiger partial charge in [-0.1, -0.05) is 0 Å². The number of ether oxygens (including phenoxy) is 1. The highest BCUT2D eigenvalue weighted by Crippen LogP contribution is 1.41. The molecule has 0 bridgehead atoms. The molecule has 38 valence electrons. The van der Waals surface area contributed by atoms with Gasteiger partial charge in [-0.05, 0) is 0 Å². The van der Waals surface area contributed by atoms with Crippen LogP contribution in [0.25, 0.3) is 0 Å². The Balaban J connectivity index is 0. The molecule has 0 unspecified atom stereocenters. The fraction of sp³-hybridized carbons (Fsp3) is 0.667. The monoisotopic (exact) mass is 154 g/mol. The normalized spacial score (nSPS) is 7.67. The molecule has 0 N–H and O–H groups in total. The Morgan fingerprint density at radius 3 is 2.17 bits per heavy atom. The third-order valence-electron chi connectivity index (χ3n) is 0.192. The summed E-state index contributed by atoms with van der Waals surface area (Å²) in [7, 11) is 3.06. The van der Waals surface area contributed by atoms with E-state index in [1.807, 2.05) is 0 Å². The van der Waals surface area contributed by atoms with Crippen LogP contribution in [0.1, 0.15) is 0 Å². The van der Waals surface area contributed by atoms with E-state index in [-0.39, 0.29) is 17.0 Å². The summed E-state index contributed by atoms with van der Waals surface area (Å²) in [6, 6.07) is 0. The molecule has 3 heteroatoms. The zero-order valence-electron chi connectivity index (χ0n) is 3.77. The van der Waals surface area contributed by atoms with Crippen LogP contribution >= 0.6 is 0 Å². The first kappa shape index (κ1) is 9.34. The first-order valence-corrected chi connectivity index (χ1v) is 1.29. The Bertz CT molecular complexity index is 35.8. The second-order valence-electron chi connectivity index (χ2n) is 0.568. The zero-order valence-corrected chi connectivity index (χ0v) is 5.36. The van der Waals surface area contributed by atoms with E-state index in [0.29, 0.717) is 0 Å². The summed E-state index contributed by atoms with van der Waals surface area (Å²) in [6.45, 7) is 1.25. The summed E-state index contributed by atoms with van der Waals surface area (Å²) in [4.78, 5) is 0. The lowest BCUT2D eigenvalue weighted by Crippen LogP contribution is -3.00. The topological polar surface area (TPSA) is 20.5 Å². The van der Waals surface area contributed by atoms with Crippen LogP contribution in [0, 0.1) is 0 Å². The first-order chi connectivity index (χ1) is 2.41. The fourth-order valence-corrected chi connectivity index (χ4v) is 0.0962. The van der Waals surface area contributed by atoms with Gasteiger partial charge in [0.2, 0.25) is 0 Å². The van der Waals surface area contributed by atoms with E-state index in [1.165, 1.54) is 20.7 Å². The van der Waals surface area contributed by atoms with Crippen molar-refractivity contribution < 1.29 is 26.1 Å². The quantitative estimate of drug-likeness (QED) is 0.291. The van der Waals surface area contributed by atoms with E-state index in [2.05, 4.69) is 9.16 Å². The molecular weight excluding hydrogens is 148 g/mol. The molecule has 0 saturated heterocycles. The van der Waals surface area contributed by atoms with Crippen molar-refractivity contribution in [2.24, 2.45) is 0 Å². The van der Waals surface area contributed by atoms with Crippen molar-refractivity contribution in [1.82, 2.24) is 0 Å². The summed E-state index contributed by atoms with van der Waals surface area (Å²) in [5.74, 6) is 0. The van der Waals surface area contributed by atoms with Gasteiger partial charge in [-0.2, -0.15) is 0 Å². The molecule has 2 nitrogen and oxygen atoms in total. The Hall–Kier alpha value is -0.0500. The van der Waals surface area contributed by atoms with E-state index < -0.39 is 0 Å². The van der Waals surface area contributed by atoms with Crippen LogP contribution in [0.2, 0.25) is 0 Å². The minimum atomic E-state index is 0. The third-order valence-corrected chi connectivity index (χ3v) is 0.192. The maximum Gasteiger partial charge on any atom is 0.472 e. The molecular formula is C3H7BrO2. The van der Waals surface area contributed by atoms with Crippen LogP contribution in [0.3, 0.4) is 0 Å². The van der Waals surface area contributed by atoms with Crippen molar-refractivity contribution >= 4 is 6.47 Å². The van der Waals surface area contributed by atoms with Crippen molar-refractivity contribution in [3.63, 3.8) is 0 Å². The number of hydrogen-bond donors (Lipinski definition) is 0. The SMILES string of the molecule is COC=[O+]C.[Br-]. The molecule has 0 saturated carbocycles. The second kappa shape index (κ2) is 8.87. The van der Waals surface area contributed by atoms with Gasteiger partial charge in [-0.25, -0.2) is 0 Å². The van der Waals surface area contributed by atoms with Crippen molar-refractivity contribution in [1.29, 1.82) is 0 Å².